The van der Waals surface area contributed by atoms with Gasteiger partial charge in [0.1, 0.15) is 0 Å². The molecule has 0 aromatic rings. The summed E-state index contributed by atoms with van der Waals surface area (Å²) >= 11 is 0. The highest BCUT2D eigenvalue weighted by molar-refractivity contribution is 4.73. The molecule has 0 unspecified atom stereocenters. The second-order valence-corrected chi connectivity index (χ2v) is 5.78. The van der Waals surface area contributed by atoms with Crippen molar-refractivity contribution in [2.75, 3.05) is 45.8 Å². The minimum atomic E-state index is 0.799. The quantitative estimate of drug-likeness (QED) is 0.790. The third-order valence-electron chi connectivity index (χ3n) is 4.44. The zero-order chi connectivity index (χ0) is 11.9. The maximum Gasteiger partial charge on any atom is -0.000654 e. The van der Waals surface area contributed by atoms with Crippen molar-refractivity contribution in [3.05, 3.63) is 0 Å². The van der Waals surface area contributed by atoms with Crippen molar-refractivity contribution in [1.29, 1.82) is 0 Å². The molecule has 0 aromatic carbocycles. The van der Waals surface area contributed by atoms with Crippen LogP contribution >= 0.6 is 0 Å². The van der Waals surface area contributed by atoms with Gasteiger partial charge in [0.05, 0.1) is 0 Å². The third-order valence-corrected chi connectivity index (χ3v) is 4.44. The van der Waals surface area contributed by atoms with Gasteiger partial charge in [-0.3, -0.25) is 0 Å². The Hall–Kier alpha value is -0.120. The van der Waals surface area contributed by atoms with Crippen molar-refractivity contribution in [1.82, 2.24) is 9.80 Å². The maximum atomic E-state index is 5.72. The van der Waals surface area contributed by atoms with E-state index < -0.39 is 0 Å². The second-order valence-electron chi connectivity index (χ2n) is 5.78. The number of nitrogens with zero attached hydrogens (tertiary/aromatic N) is 2. The SMILES string of the molecule is NCC1CCN(CCCN2CCCCC2)CC1. The normalized spacial score (nSPS) is 25.2. The number of hydrogen-bond donors (Lipinski definition) is 1. The summed E-state index contributed by atoms with van der Waals surface area (Å²) in [6.45, 7) is 8.75. The van der Waals surface area contributed by atoms with Crippen molar-refractivity contribution in [2.45, 2.75) is 38.5 Å². The standard InChI is InChI=1S/C14H29N3/c15-13-14-5-11-17(12-6-14)10-4-9-16-7-2-1-3-8-16/h14H,1-13,15H2. The van der Waals surface area contributed by atoms with Crippen LogP contribution < -0.4 is 5.73 Å². The Kier molecular flexibility index (Phi) is 5.75. The van der Waals surface area contributed by atoms with Gasteiger partial charge in [0, 0.05) is 0 Å². The van der Waals surface area contributed by atoms with E-state index in [1.54, 1.807) is 0 Å². The van der Waals surface area contributed by atoms with E-state index in [0.717, 1.165) is 12.5 Å². The topological polar surface area (TPSA) is 32.5 Å². The highest BCUT2D eigenvalue weighted by atomic mass is 15.1. The van der Waals surface area contributed by atoms with Crippen LogP contribution in [0.5, 0.6) is 0 Å². The number of likely N-dealkylation sites (tertiary alicyclic amines) is 2. The van der Waals surface area contributed by atoms with E-state index in [1.165, 1.54) is 77.8 Å². The van der Waals surface area contributed by atoms with Crippen molar-refractivity contribution in [3.63, 3.8) is 0 Å². The Labute approximate surface area is 106 Å². The fraction of sp³-hybridized carbons (Fsp3) is 1.00. The Balaban J connectivity index is 1.53. The van der Waals surface area contributed by atoms with Crippen molar-refractivity contribution in [3.8, 4) is 0 Å². The number of hydrogen-bond acceptors (Lipinski definition) is 3. The molecular weight excluding hydrogens is 210 g/mol. The summed E-state index contributed by atoms with van der Waals surface area (Å²) in [4.78, 5) is 5.28. The van der Waals surface area contributed by atoms with Crippen LogP contribution in [-0.2, 0) is 0 Å². The first-order chi connectivity index (χ1) is 8.38. The Bertz CT molecular complexity index is 194. The molecule has 2 N–H and O–H groups in total. The Morgan fingerprint density at radius 3 is 2.00 bits per heavy atom. The first-order valence-corrected chi connectivity index (χ1v) is 7.53. The van der Waals surface area contributed by atoms with Crippen LogP contribution in [0, 0.1) is 5.92 Å². The first-order valence-electron chi connectivity index (χ1n) is 7.53. The molecule has 3 nitrogen and oxygen atoms in total. The largest absolute Gasteiger partial charge is 0.330 e. The fourth-order valence-electron chi connectivity index (χ4n) is 3.15. The highest BCUT2D eigenvalue weighted by Crippen LogP contribution is 2.16. The lowest BCUT2D eigenvalue weighted by Gasteiger charge is -2.32. The van der Waals surface area contributed by atoms with Crippen LogP contribution in [0.3, 0.4) is 0 Å². The lowest BCUT2D eigenvalue weighted by atomic mass is 9.97. The van der Waals surface area contributed by atoms with Gasteiger partial charge in [-0.25, -0.2) is 0 Å². The van der Waals surface area contributed by atoms with E-state index in [4.69, 9.17) is 5.73 Å². The van der Waals surface area contributed by atoms with Crippen molar-refractivity contribution < 1.29 is 0 Å². The van der Waals surface area contributed by atoms with E-state index in [1.807, 2.05) is 0 Å². The van der Waals surface area contributed by atoms with E-state index in [2.05, 4.69) is 9.80 Å². The van der Waals surface area contributed by atoms with Crippen molar-refractivity contribution in [2.24, 2.45) is 11.7 Å². The van der Waals surface area contributed by atoms with E-state index in [9.17, 15) is 0 Å². The molecule has 0 amide bonds. The van der Waals surface area contributed by atoms with Gasteiger partial charge in [-0.2, -0.15) is 0 Å². The van der Waals surface area contributed by atoms with E-state index >= 15 is 0 Å². The maximum absolute atomic E-state index is 5.72. The summed E-state index contributed by atoms with van der Waals surface area (Å²) in [5.74, 6) is 0.799. The van der Waals surface area contributed by atoms with Crippen LogP contribution in [0.1, 0.15) is 38.5 Å². The van der Waals surface area contributed by atoms with E-state index in [0.29, 0.717) is 0 Å². The molecule has 0 aromatic heterocycles. The van der Waals surface area contributed by atoms with Gasteiger partial charge in [0.15, 0.2) is 0 Å². The third kappa shape index (κ3) is 4.57. The van der Waals surface area contributed by atoms with Gasteiger partial charge < -0.3 is 15.5 Å². The molecule has 2 aliphatic rings. The monoisotopic (exact) mass is 239 g/mol. The zero-order valence-corrected chi connectivity index (χ0v) is 11.2. The second kappa shape index (κ2) is 7.34. The van der Waals surface area contributed by atoms with Crippen LogP contribution in [-0.4, -0.2) is 55.6 Å². The van der Waals surface area contributed by atoms with Gasteiger partial charge in [-0.1, -0.05) is 6.42 Å². The molecular formula is C14H29N3. The minimum Gasteiger partial charge on any atom is -0.330 e. The molecule has 0 bridgehead atoms. The summed E-state index contributed by atoms with van der Waals surface area (Å²) in [7, 11) is 0. The summed E-state index contributed by atoms with van der Waals surface area (Å²) in [5, 5.41) is 0. The van der Waals surface area contributed by atoms with E-state index in [-0.39, 0.29) is 0 Å². The van der Waals surface area contributed by atoms with Gasteiger partial charge >= 0.3 is 0 Å². The summed E-state index contributed by atoms with van der Waals surface area (Å²) in [6.07, 6.45) is 8.28. The molecule has 2 heterocycles. The van der Waals surface area contributed by atoms with Crippen LogP contribution in [0.25, 0.3) is 0 Å². The van der Waals surface area contributed by atoms with Gasteiger partial charge in [0.2, 0.25) is 0 Å². The molecule has 2 aliphatic heterocycles. The van der Waals surface area contributed by atoms with Crippen molar-refractivity contribution >= 4 is 0 Å². The average molecular weight is 239 g/mol. The molecule has 0 radical (unpaired) electrons. The van der Waals surface area contributed by atoms with Gasteiger partial charge in [0.25, 0.3) is 0 Å². The first kappa shape index (κ1) is 13.3. The molecule has 2 rings (SSSR count). The Morgan fingerprint density at radius 2 is 1.41 bits per heavy atom. The summed E-state index contributed by atoms with van der Waals surface area (Å²) in [6, 6.07) is 0. The van der Waals surface area contributed by atoms with Crippen LogP contribution in [0.15, 0.2) is 0 Å². The van der Waals surface area contributed by atoms with Crippen LogP contribution in [0.4, 0.5) is 0 Å². The lowest BCUT2D eigenvalue weighted by molar-refractivity contribution is 0.166. The molecule has 0 atom stereocenters. The smallest absolute Gasteiger partial charge is 0.000654 e. The number of nitrogens with two attached hydrogens (primary N) is 1. The predicted octanol–water partition coefficient (Wildman–Crippen LogP) is 1.53. The molecule has 3 heteroatoms. The Morgan fingerprint density at radius 1 is 0.824 bits per heavy atom. The molecule has 0 saturated carbocycles. The highest BCUT2D eigenvalue weighted by Gasteiger charge is 2.17. The molecule has 100 valence electrons. The summed E-state index contributed by atoms with van der Waals surface area (Å²) in [5.41, 5.74) is 5.72. The minimum absolute atomic E-state index is 0.799. The number of rotatable bonds is 5. The predicted molar refractivity (Wildman–Crippen MR) is 73.1 cm³/mol. The number of piperidine rings is 2. The molecule has 17 heavy (non-hydrogen) atoms. The van der Waals surface area contributed by atoms with Gasteiger partial charge in [-0.05, 0) is 83.8 Å². The van der Waals surface area contributed by atoms with Gasteiger partial charge in [-0.15, -0.1) is 0 Å². The fourth-order valence-corrected chi connectivity index (χ4v) is 3.15. The molecule has 2 fully saturated rings. The zero-order valence-electron chi connectivity index (χ0n) is 11.2. The average Bonchev–Trinajstić information content (AvgIpc) is 2.41. The molecule has 0 spiro atoms. The molecule has 2 saturated heterocycles. The molecule has 0 aliphatic carbocycles. The lowest BCUT2D eigenvalue weighted by Crippen LogP contribution is -2.38. The summed E-state index contributed by atoms with van der Waals surface area (Å²) < 4.78 is 0. The van der Waals surface area contributed by atoms with Crippen LogP contribution in [0.2, 0.25) is 0 Å².